The second kappa shape index (κ2) is 6.11. The van der Waals surface area contributed by atoms with Crippen LogP contribution in [0.5, 0.6) is 0 Å². The van der Waals surface area contributed by atoms with Crippen molar-refractivity contribution < 1.29 is 14.7 Å². The van der Waals surface area contributed by atoms with Crippen LogP contribution in [0.2, 0.25) is 5.02 Å². The number of halogens is 1. The minimum Gasteiger partial charge on any atom is -0.477 e. The van der Waals surface area contributed by atoms with E-state index in [9.17, 15) is 9.59 Å². The molecule has 110 valence electrons. The van der Waals surface area contributed by atoms with Gasteiger partial charge in [0.2, 0.25) is 0 Å². The van der Waals surface area contributed by atoms with Gasteiger partial charge in [0.25, 0.3) is 5.91 Å². The monoisotopic (exact) mass is 325 g/mol. The summed E-state index contributed by atoms with van der Waals surface area (Å²) in [6.45, 7) is 1.77. The Hall–Kier alpha value is -2.12. The third kappa shape index (κ3) is 3.50. The summed E-state index contributed by atoms with van der Waals surface area (Å²) in [5.74, 6) is -1.35. The average Bonchev–Trinajstić information content (AvgIpc) is 2.80. The lowest BCUT2D eigenvalue weighted by Gasteiger charge is -2.05. The summed E-state index contributed by atoms with van der Waals surface area (Å²) in [4.78, 5) is 27.2. The van der Waals surface area contributed by atoms with Crippen molar-refractivity contribution in [3.8, 4) is 0 Å². The lowest BCUT2D eigenvalue weighted by atomic mass is 10.2. The van der Waals surface area contributed by atoms with Crippen molar-refractivity contribution in [3.63, 3.8) is 0 Å². The highest BCUT2D eigenvalue weighted by atomic mass is 35.5. The van der Waals surface area contributed by atoms with Crippen molar-refractivity contribution in [2.45, 2.75) is 13.5 Å². The molecule has 1 aromatic heterocycles. The molecular weight excluding hydrogens is 314 g/mol. The van der Waals surface area contributed by atoms with Crippen molar-refractivity contribution in [2.75, 3.05) is 5.73 Å². The first-order chi connectivity index (χ1) is 9.88. The van der Waals surface area contributed by atoms with Gasteiger partial charge in [-0.15, -0.1) is 11.3 Å². The SMILES string of the molecule is Cc1nc(CNC(=O)c2ccc(Cl)c(N)c2)sc1C(=O)O. The first kappa shape index (κ1) is 15.3. The third-order valence-corrected chi connectivity index (χ3v) is 4.18. The maximum Gasteiger partial charge on any atom is 0.347 e. The Kier molecular flexibility index (Phi) is 4.44. The van der Waals surface area contributed by atoms with E-state index in [4.69, 9.17) is 22.4 Å². The molecule has 0 aliphatic carbocycles. The fraction of sp³-hybridized carbons (Fsp3) is 0.154. The Morgan fingerprint density at radius 3 is 2.76 bits per heavy atom. The van der Waals surface area contributed by atoms with Gasteiger partial charge in [0.15, 0.2) is 0 Å². The van der Waals surface area contributed by atoms with Crippen LogP contribution in [0.25, 0.3) is 0 Å². The molecule has 4 N–H and O–H groups in total. The number of carboxylic acid groups (broad SMARTS) is 1. The van der Waals surface area contributed by atoms with E-state index in [1.54, 1.807) is 19.1 Å². The van der Waals surface area contributed by atoms with Gasteiger partial charge in [0, 0.05) is 5.56 Å². The summed E-state index contributed by atoms with van der Waals surface area (Å²) < 4.78 is 0. The maximum absolute atomic E-state index is 12.0. The molecule has 8 heteroatoms. The molecule has 0 aliphatic rings. The van der Waals surface area contributed by atoms with E-state index >= 15 is 0 Å². The predicted molar refractivity (Wildman–Crippen MR) is 80.8 cm³/mol. The Balaban J connectivity index is 2.05. The van der Waals surface area contributed by atoms with Crippen LogP contribution in [0.15, 0.2) is 18.2 Å². The zero-order chi connectivity index (χ0) is 15.6. The number of hydrogen-bond donors (Lipinski definition) is 3. The molecule has 2 rings (SSSR count). The number of carbonyl (C=O) groups is 2. The van der Waals surface area contributed by atoms with E-state index in [0.29, 0.717) is 27.0 Å². The second-order valence-corrected chi connectivity index (χ2v) is 5.74. The standard InChI is InChI=1S/C13H12ClN3O3S/c1-6-11(13(19)20)21-10(17-6)5-16-12(18)7-2-3-8(14)9(15)4-7/h2-4H,5,15H2,1H3,(H,16,18)(H,19,20). The molecule has 0 bridgehead atoms. The molecule has 0 atom stereocenters. The lowest BCUT2D eigenvalue weighted by Crippen LogP contribution is -2.22. The quantitative estimate of drug-likeness (QED) is 0.748. The van der Waals surface area contributed by atoms with Crippen molar-refractivity contribution in [3.05, 3.63) is 44.4 Å². The van der Waals surface area contributed by atoms with Crippen LogP contribution in [-0.4, -0.2) is 22.0 Å². The van der Waals surface area contributed by atoms with Crippen LogP contribution >= 0.6 is 22.9 Å². The number of nitrogens with zero attached hydrogens (tertiary/aromatic N) is 1. The summed E-state index contributed by atoms with van der Waals surface area (Å²) in [5, 5.41) is 12.5. The summed E-state index contributed by atoms with van der Waals surface area (Å²) >= 11 is 6.83. The molecule has 0 fully saturated rings. The highest BCUT2D eigenvalue weighted by molar-refractivity contribution is 7.13. The molecule has 2 aromatic rings. The number of hydrogen-bond acceptors (Lipinski definition) is 5. The fourth-order valence-corrected chi connectivity index (χ4v) is 2.63. The number of nitrogens with two attached hydrogens (primary N) is 1. The van der Waals surface area contributed by atoms with E-state index in [1.807, 2.05) is 0 Å². The number of thiazole rings is 1. The number of carbonyl (C=O) groups excluding carboxylic acids is 1. The van der Waals surface area contributed by atoms with E-state index in [-0.39, 0.29) is 17.3 Å². The van der Waals surface area contributed by atoms with Crippen molar-refractivity contribution >= 4 is 40.5 Å². The number of anilines is 1. The van der Waals surface area contributed by atoms with Crippen molar-refractivity contribution in [2.24, 2.45) is 0 Å². The minimum atomic E-state index is -1.02. The van der Waals surface area contributed by atoms with Crippen molar-refractivity contribution in [1.29, 1.82) is 0 Å². The number of amides is 1. The smallest absolute Gasteiger partial charge is 0.347 e. The molecule has 0 aliphatic heterocycles. The fourth-order valence-electron chi connectivity index (χ4n) is 1.67. The Morgan fingerprint density at radius 2 is 2.19 bits per heavy atom. The summed E-state index contributed by atoms with van der Waals surface area (Å²) in [6.07, 6.45) is 0. The largest absolute Gasteiger partial charge is 0.477 e. The molecule has 6 nitrogen and oxygen atoms in total. The number of nitrogen functional groups attached to an aromatic ring is 1. The van der Waals surface area contributed by atoms with Gasteiger partial charge < -0.3 is 16.2 Å². The van der Waals surface area contributed by atoms with Crippen LogP contribution in [0, 0.1) is 6.92 Å². The van der Waals surface area contributed by atoms with Gasteiger partial charge >= 0.3 is 5.97 Å². The van der Waals surface area contributed by atoms with Crippen molar-refractivity contribution in [1.82, 2.24) is 10.3 Å². The van der Waals surface area contributed by atoms with Gasteiger partial charge in [-0.3, -0.25) is 4.79 Å². The Bertz CT molecular complexity index is 715. The highest BCUT2D eigenvalue weighted by Gasteiger charge is 2.15. The molecule has 21 heavy (non-hydrogen) atoms. The number of aryl methyl sites for hydroxylation is 1. The molecule has 1 amide bonds. The van der Waals surface area contributed by atoms with Crippen LogP contribution in [0.4, 0.5) is 5.69 Å². The number of aromatic carboxylic acids is 1. The van der Waals surface area contributed by atoms with Gasteiger partial charge in [-0.25, -0.2) is 9.78 Å². The molecule has 0 radical (unpaired) electrons. The number of aromatic nitrogens is 1. The number of nitrogens with one attached hydrogen (secondary N) is 1. The Morgan fingerprint density at radius 1 is 1.48 bits per heavy atom. The number of benzene rings is 1. The van der Waals surface area contributed by atoms with E-state index < -0.39 is 5.97 Å². The first-order valence-corrected chi connectivity index (χ1v) is 7.10. The first-order valence-electron chi connectivity index (χ1n) is 5.91. The van der Waals surface area contributed by atoms with Gasteiger partial charge in [-0.2, -0.15) is 0 Å². The number of rotatable bonds is 4. The normalized spacial score (nSPS) is 10.4. The number of carboxylic acids is 1. The minimum absolute atomic E-state index is 0.153. The molecule has 0 spiro atoms. The Labute approximate surface area is 129 Å². The highest BCUT2D eigenvalue weighted by Crippen LogP contribution is 2.20. The van der Waals surface area contributed by atoms with E-state index in [1.165, 1.54) is 6.07 Å². The molecular formula is C13H12ClN3O3S. The summed E-state index contributed by atoms with van der Waals surface area (Å²) in [5.41, 5.74) is 6.77. The molecule has 0 unspecified atom stereocenters. The van der Waals surface area contributed by atoms with Crippen LogP contribution < -0.4 is 11.1 Å². The third-order valence-electron chi connectivity index (χ3n) is 2.69. The summed E-state index contributed by atoms with van der Waals surface area (Å²) in [6, 6.07) is 4.58. The summed E-state index contributed by atoms with van der Waals surface area (Å²) in [7, 11) is 0. The van der Waals surface area contributed by atoms with E-state index in [0.717, 1.165) is 11.3 Å². The molecule has 0 saturated heterocycles. The van der Waals surface area contributed by atoms with Crippen LogP contribution in [-0.2, 0) is 6.54 Å². The molecule has 1 aromatic carbocycles. The average molecular weight is 326 g/mol. The zero-order valence-electron chi connectivity index (χ0n) is 11.0. The molecule has 0 saturated carbocycles. The van der Waals surface area contributed by atoms with E-state index in [2.05, 4.69) is 10.3 Å². The van der Waals surface area contributed by atoms with Crippen LogP contribution in [0.3, 0.4) is 0 Å². The van der Waals surface area contributed by atoms with Gasteiger partial charge in [0.05, 0.1) is 22.9 Å². The van der Waals surface area contributed by atoms with Gasteiger partial charge in [-0.05, 0) is 25.1 Å². The zero-order valence-corrected chi connectivity index (χ0v) is 12.6. The van der Waals surface area contributed by atoms with Gasteiger partial charge in [0.1, 0.15) is 9.88 Å². The molecule has 1 heterocycles. The van der Waals surface area contributed by atoms with Gasteiger partial charge in [-0.1, -0.05) is 11.6 Å². The lowest BCUT2D eigenvalue weighted by molar-refractivity contribution is 0.0701. The topological polar surface area (TPSA) is 105 Å². The maximum atomic E-state index is 12.0. The predicted octanol–water partition coefficient (Wildman–Crippen LogP) is 2.32. The van der Waals surface area contributed by atoms with Crippen LogP contribution in [0.1, 0.15) is 30.7 Å². The second-order valence-electron chi connectivity index (χ2n) is 4.25.